The standard InChI is InChI=1S/C12H14ClN3O/c1-8(2)11-3-9(7-17)4-12(15-11)16-6-10(13)5-14-16/h3-6,8,17H,7H2,1-2H3. The zero-order valence-corrected chi connectivity index (χ0v) is 10.5. The van der Waals surface area contributed by atoms with Gasteiger partial charge in [-0.05, 0) is 23.6 Å². The van der Waals surface area contributed by atoms with Gasteiger partial charge in [0.1, 0.15) is 0 Å². The molecule has 2 aromatic rings. The number of aliphatic hydroxyl groups is 1. The van der Waals surface area contributed by atoms with E-state index in [1.165, 1.54) is 0 Å². The number of hydrogen-bond acceptors (Lipinski definition) is 3. The fourth-order valence-corrected chi connectivity index (χ4v) is 1.66. The topological polar surface area (TPSA) is 50.9 Å². The first-order chi connectivity index (χ1) is 8.10. The summed E-state index contributed by atoms with van der Waals surface area (Å²) in [7, 11) is 0. The summed E-state index contributed by atoms with van der Waals surface area (Å²) in [6.45, 7) is 4.11. The molecule has 90 valence electrons. The molecule has 0 radical (unpaired) electrons. The molecule has 17 heavy (non-hydrogen) atoms. The van der Waals surface area contributed by atoms with Gasteiger partial charge >= 0.3 is 0 Å². The summed E-state index contributed by atoms with van der Waals surface area (Å²) in [4.78, 5) is 4.50. The Balaban J connectivity index is 2.49. The molecule has 0 aromatic carbocycles. The molecule has 5 heteroatoms. The molecule has 1 N–H and O–H groups in total. The summed E-state index contributed by atoms with van der Waals surface area (Å²) in [6.07, 6.45) is 3.25. The van der Waals surface area contributed by atoms with E-state index >= 15 is 0 Å². The number of aliphatic hydroxyl groups excluding tert-OH is 1. The van der Waals surface area contributed by atoms with Crippen LogP contribution in [0.5, 0.6) is 0 Å². The Kier molecular flexibility index (Phi) is 3.45. The van der Waals surface area contributed by atoms with Crippen molar-refractivity contribution in [2.75, 3.05) is 0 Å². The minimum atomic E-state index is -0.00968. The molecule has 0 aliphatic rings. The summed E-state index contributed by atoms with van der Waals surface area (Å²) >= 11 is 5.83. The van der Waals surface area contributed by atoms with E-state index < -0.39 is 0 Å². The Morgan fingerprint density at radius 2 is 2.18 bits per heavy atom. The second-order valence-corrected chi connectivity index (χ2v) is 4.61. The Hall–Kier alpha value is -1.39. The normalized spacial score (nSPS) is 11.1. The summed E-state index contributed by atoms with van der Waals surface area (Å²) in [5.74, 6) is 0.971. The Labute approximate surface area is 105 Å². The van der Waals surface area contributed by atoms with E-state index in [1.807, 2.05) is 6.07 Å². The molecule has 4 nitrogen and oxygen atoms in total. The van der Waals surface area contributed by atoms with Gasteiger partial charge in [0.25, 0.3) is 0 Å². The highest BCUT2D eigenvalue weighted by Crippen LogP contribution is 2.18. The van der Waals surface area contributed by atoms with Gasteiger partial charge in [0, 0.05) is 5.69 Å². The van der Waals surface area contributed by atoms with Crippen molar-refractivity contribution in [1.82, 2.24) is 14.8 Å². The van der Waals surface area contributed by atoms with Gasteiger partial charge in [-0.3, -0.25) is 0 Å². The third-order valence-corrected chi connectivity index (χ3v) is 2.65. The van der Waals surface area contributed by atoms with Crippen molar-refractivity contribution in [2.45, 2.75) is 26.4 Å². The Bertz CT molecular complexity index is 522. The minimum absolute atomic E-state index is 0.00968. The lowest BCUT2D eigenvalue weighted by molar-refractivity contribution is 0.281. The lowest BCUT2D eigenvalue weighted by Gasteiger charge is -2.09. The molecule has 0 amide bonds. The first-order valence-corrected chi connectivity index (χ1v) is 5.80. The lowest BCUT2D eigenvalue weighted by Crippen LogP contribution is -2.04. The molecular formula is C12H14ClN3O. The van der Waals surface area contributed by atoms with E-state index in [0.717, 1.165) is 11.3 Å². The van der Waals surface area contributed by atoms with Gasteiger partial charge < -0.3 is 5.11 Å². The van der Waals surface area contributed by atoms with Crippen molar-refractivity contribution in [3.8, 4) is 5.82 Å². The smallest absolute Gasteiger partial charge is 0.153 e. The van der Waals surface area contributed by atoms with Crippen LogP contribution in [0.4, 0.5) is 0 Å². The number of pyridine rings is 1. The van der Waals surface area contributed by atoms with E-state index in [1.54, 1.807) is 23.1 Å². The van der Waals surface area contributed by atoms with Crippen molar-refractivity contribution in [3.63, 3.8) is 0 Å². The predicted molar refractivity (Wildman–Crippen MR) is 66.4 cm³/mol. The number of aromatic nitrogens is 3. The van der Waals surface area contributed by atoms with Gasteiger partial charge in [-0.25, -0.2) is 9.67 Å². The fraction of sp³-hybridized carbons (Fsp3) is 0.333. The van der Waals surface area contributed by atoms with Crippen LogP contribution in [0.2, 0.25) is 5.02 Å². The third kappa shape index (κ3) is 2.65. The zero-order valence-electron chi connectivity index (χ0n) is 9.76. The number of nitrogens with zero attached hydrogens (tertiary/aromatic N) is 3. The molecule has 2 rings (SSSR count). The molecule has 0 saturated heterocycles. The molecule has 0 saturated carbocycles. The van der Waals surface area contributed by atoms with Crippen LogP contribution in [0.1, 0.15) is 31.0 Å². The maximum Gasteiger partial charge on any atom is 0.153 e. The summed E-state index contributed by atoms with van der Waals surface area (Å²) in [5.41, 5.74) is 1.75. The van der Waals surface area contributed by atoms with Crippen LogP contribution < -0.4 is 0 Å². The minimum Gasteiger partial charge on any atom is -0.392 e. The second kappa shape index (κ2) is 4.85. The SMILES string of the molecule is CC(C)c1cc(CO)cc(-n2cc(Cl)cn2)n1. The molecular weight excluding hydrogens is 238 g/mol. The van der Waals surface area contributed by atoms with Crippen LogP contribution in [0.25, 0.3) is 5.82 Å². The quantitative estimate of drug-likeness (QED) is 0.912. The average molecular weight is 252 g/mol. The van der Waals surface area contributed by atoms with Gasteiger partial charge in [-0.2, -0.15) is 5.10 Å². The second-order valence-electron chi connectivity index (χ2n) is 4.17. The number of rotatable bonds is 3. The molecule has 2 heterocycles. The lowest BCUT2D eigenvalue weighted by atomic mass is 10.1. The van der Waals surface area contributed by atoms with Crippen LogP contribution in [-0.2, 0) is 6.61 Å². The Morgan fingerprint density at radius 1 is 1.41 bits per heavy atom. The highest BCUT2D eigenvalue weighted by Gasteiger charge is 2.08. The van der Waals surface area contributed by atoms with E-state index in [-0.39, 0.29) is 6.61 Å². The van der Waals surface area contributed by atoms with Crippen molar-refractivity contribution in [3.05, 3.63) is 40.8 Å². The predicted octanol–water partition coefficient (Wildman–Crippen LogP) is 2.54. The summed E-state index contributed by atoms with van der Waals surface area (Å²) in [6, 6.07) is 3.70. The monoisotopic (exact) mass is 251 g/mol. The largest absolute Gasteiger partial charge is 0.392 e. The van der Waals surface area contributed by atoms with Crippen LogP contribution in [-0.4, -0.2) is 19.9 Å². The van der Waals surface area contributed by atoms with E-state index in [0.29, 0.717) is 16.8 Å². The van der Waals surface area contributed by atoms with Gasteiger partial charge in [-0.15, -0.1) is 0 Å². The highest BCUT2D eigenvalue weighted by molar-refractivity contribution is 6.30. The first-order valence-electron chi connectivity index (χ1n) is 5.42. The van der Waals surface area contributed by atoms with Gasteiger partial charge in [0.05, 0.1) is 24.0 Å². The van der Waals surface area contributed by atoms with Crippen molar-refractivity contribution in [2.24, 2.45) is 0 Å². The first kappa shape index (κ1) is 12.1. The average Bonchev–Trinajstić information content (AvgIpc) is 2.75. The summed E-state index contributed by atoms with van der Waals surface area (Å²) < 4.78 is 1.60. The molecule has 0 aliphatic carbocycles. The van der Waals surface area contributed by atoms with Crippen LogP contribution >= 0.6 is 11.6 Å². The van der Waals surface area contributed by atoms with E-state index in [2.05, 4.69) is 23.9 Å². The highest BCUT2D eigenvalue weighted by atomic mass is 35.5. The van der Waals surface area contributed by atoms with Crippen LogP contribution in [0.3, 0.4) is 0 Å². The maximum absolute atomic E-state index is 9.24. The van der Waals surface area contributed by atoms with Crippen molar-refractivity contribution in [1.29, 1.82) is 0 Å². The molecule has 0 bridgehead atoms. The maximum atomic E-state index is 9.24. The molecule has 0 unspecified atom stereocenters. The summed E-state index contributed by atoms with van der Waals surface area (Å²) in [5, 5.41) is 13.9. The molecule has 0 fully saturated rings. The Morgan fingerprint density at radius 3 is 2.71 bits per heavy atom. The van der Waals surface area contributed by atoms with Gasteiger partial charge in [0.15, 0.2) is 5.82 Å². The fourth-order valence-electron chi connectivity index (χ4n) is 1.52. The van der Waals surface area contributed by atoms with Crippen molar-refractivity contribution < 1.29 is 5.11 Å². The number of halogens is 1. The number of hydrogen-bond donors (Lipinski definition) is 1. The third-order valence-electron chi connectivity index (χ3n) is 2.45. The molecule has 2 aromatic heterocycles. The van der Waals surface area contributed by atoms with E-state index in [4.69, 9.17) is 11.6 Å². The molecule has 0 spiro atoms. The van der Waals surface area contributed by atoms with E-state index in [9.17, 15) is 5.11 Å². The van der Waals surface area contributed by atoms with Gasteiger partial charge in [0.2, 0.25) is 0 Å². The van der Waals surface area contributed by atoms with Gasteiger partial charge in [-0.1, -0.05) is 25.4 Å². The van der Waals surface area contributed by atoms with Crippen molar-refractivity contribution >= 4 is 11.6 Å². The van der Waals surface area contributed by atoms with Crippen LogP contribution in [0.15, 0.2) is 24.5 Å². The zero-order chi connectivity index (χ0) is 12.4. The van der Waals surface area contributed by atoms with Crippen LogP contribution in [0, 0.1) is 0 Å². The molecule has 0 atom stereocenters. The molecule has 0 aliphatic heterocycles.